The fourth-order valence-corrected chi connectivity index (χ4v) is 2.26. The van der Waals surface area contributed by atoms with Crippen molar-refractivity contribution < 1.29 is 9.84 Å². The monoisotopic (exact) mass is 234 g/mol. The van der Waals surface area contributed by atoms with Crippen LogP contribution in [0.1, 0.15) is 51.3 Å². The summed E-state index contributed by atoms with van der Waals surface area (Å²) in [6, 6.07) is 6.07. The van der Waals surface area contributed by atoms with E-state index in [4.69, 9.17) is 4.74 Å². The minimum atomic E-state index is -0.409. The summed E-state index contributed by atoms with van der Waals surface area (Å²) in [4.78, 5) is 0. The van der Waals surface area contributed by atoms with E-state index >= 15 is 0 Å². The number of hydrogen-bond donors (Lipinski definition) is 1. The first-order valence-corrected chi connectivity index (χ1v) is 6.41. The average molecular weight is 234 g/mol. The Morgan fingerprint density at radius 2 is 2.18 bits per heavy atom. The van der Waals surface area contributed by atoms with E-state index in [2.05, 4.69) is 33.8 Å². The molecular formula is C15H22O2. The van der Waals surface area contributed by atoms with Crippen LogP contribution in [-0.2, 0) is 6.42 Å². The zero-order valence-corrected chi connectivity index (χ0v) is 11.2. The lowest BCUT2D eigenvalue weighted by Crippen LogP contribution is -2.21. The molecule has 2 rings (SSSR count). The van der Waals surface area contributed by atoms with Crippen LogP contribution in [0.3, 0.4) is 0 Å². The first kappa shape index (κ1) is 12.4. The molecule has 1 heterocycles. The van der Waals surface area contributed by atoms with Crippen LogP contribution in [-0.4, -0.2) is 11.2 Å². The molecule has 0 aliphatic carbocycles. The predicted molar refractivity (Wildman–Crippen MR) is 69.3 cm³/mol. The molecule has 0 bridgehead atoms. The van der Waals surface area contributed by atoms with Crippen molar-refractivity contribution in [3.05, 3.63) is 29.3 Å². The second-order valence-corrected chi connectivity index (χ2v) is 5.74. The summed E-state index contributed by atoms with van der Waals surface area (Å²) >= 11 is 0. The molecule has 0 fully saturated rings. The normalized spacial score (nSPS) is 20.9. The highest BCUT2D eigenvalue weighted by Gasteiger charge is 2.28. The Hall–Kier alpha value is -1.02. The van der Waals surface area contributed by atoms with Gasteiger partial charge in [-0.25, -0.2) is 0 Å². The first-order chi connectivity index (χ1) is 7.94. The van der Waals surface area contributed by atoms with Crippen LogP contribution in [0.5, 0.6) is 5.75 Å². The molecule has 2 atom stereocenters. The number of hydrogen-bond acceptors (Lipinski definition) is 2. The third-order valence-electron chi connectivity index (χ3n) is 3.89. The summed E-state index contributed by atoms with van der Waals surface area (Å²) in [5, 5.41) is 10.4. The maximum atomic E-state index is 10.4. The van der Waals surface area contributed by atoms with Crippen molar-refractivity contribution in [2.24, 2.45) is 5.41 Å². The van der Waals surface area contributed by atoms with Crippen molar-refractivity contribution in [2.75, 3.05) is 0 Å². The van der Waals surface area contributed by atoms with E-state index in [1.807, 2.05) is 12.1 Å². The van der Waals surface area contributed by atoms with E-state index < -0.39 is 6.10 Å². The Kier molecular flexibility index (Phi) is 3.17. The third-order valence-corrected chi connectivity index (χ3v) is 3.89. The van der Waals surface area contributed by atoms with Crippen molar-refractivity contribution in [1.29, 1.82) is 0 Å². The Morgan fingerprint density at radius 1 is 1.47 bits per heavy atom. The Balaban J connectivity index is 2.27. The van der Waals surface area contributed by atoms with E-state index in [0.29, 0.717) is 0 Å². The maximum Gasteiger partial charge on any atom is 0.123 e. The summed E-state index contributed by atoms with van der Waals surface area (Å²) < 4.78 is 5.67. The summed E-state index contributed by atoms with van der Waals surface area (Å²) in [6.07, 6.45) is 1.76. The van der Waals surface area contributed by atoms with Crippen molar-refractivity contribution >= 4 is 0 Å². The van der Waals surface area contributed by atoms with E-state index in [1.165, 1.54) is 5.56 Å². The van der Waals surface area contributed by atoms with Gasteiger partial charge in [-0.1, -0.05) is 26.8 Å². The van der Waals surface area contributed by atoms with Crippen molar-refractivity contribution in [3.63, 3.8) is 0 Å². The van der Waals surface area contributed by atoms with Crippen LogP contribution in [0.15, 0.2) is 18.2 Å². The van der Waals surface area contributed by atoms with Crippen LogP contribution in [0, 0.1) is 5.41 Å². The second kappa shape index (κ2) is 4.34. The minimum absolute atomic E-state index is 0.0840. The molecule has 0 saturated heterocycles. The van der Waals surface area contributed by atoms with Gasteiger partial charge in [0.05, 0.1) is 6.10 Å². The van der Waals surface area contributed by atoms with Crippen LogP contribution in [0.2, 0.25) is 0 Å². The van der Waals surface area contributed by atoms with E-state index in [9.17, 15) is 5.11 Å². The summed E-state index contributed by atoms with van der Waals surface area (Å²) in [7, 11) is 0. The van der Waals surface area contributed by atoms with Gasteiger partial charge in [0.25, 0.3) is 0 Å². The van der Waals surface area contributed by atoms with Crippen molar-refractivity contribution in [3.8, 4) is 5.75 Å². The van der Waals surface area contributed by atoms with Gasteiger partial charge in [-0.2, -0.15) is 0 Å². The number of rotatable bonds is 3. The second-order valence-electron chi connectivity index (χ2n) is 5.74. The zero-order valence-electron chi connectivity index (χ0n) is 11.2. The number of aliphatic hydroxyl groups is 1. The molecule has 0 spiro atoms. The molecule has 1 N–H and O–H groups in total. The zero-order chi connectivity index (χ0) is 12.6. The molecule has 0 amide bonds. The molecule has 2 heteroatoms. The number of benzene rings is 1. The van der Waals surface area contributed by atoms with Gasteiger partial charge in [-0.3, -0.25) is 0 Å². The molecule has 94 valence electrons. The molecule has 1 aromatic carbocycles. The molecule has 1 aliphatic heterocycles. The van der Waals surface area contributed by atoms with E-state index in [-0.39, 0.29) is 11.5 Å². The average Bonchev–Trinajstić information content (AvgIpc) is 2.66. The predicted octanol–water partition coefficient (Wildman–Crippen LogP) is 3.48. The Bertz CT molecular complexity index is 409. The van der Waals surface area contributed by atoms with Gasteiger partial charge in [-0.05, 0) is 42.0 Å². The number of fused-ring (bicyclic) bond motifs is 1. The van der Waals surface area contributed by atoms with Crippen LogP contribution in [0.25, 0.3) is 0 Å². The summed E-state index contributed by atoms with van der Waals surface area (Å²) in [5.41, 5.74) is 2.15. The van der Waals surface area contributed by atoms with Gasteiger partial charge in [0, 0.05) is 6.42 Å². The van der Waals surface area contributed by atoms with Crippen LogP contribution in [0.4, 0.5) is 0 Å². The maximum absolute atomic E-state index is 10.4. The quantitative estimate of drug-likeness (QED) is 0.867. The highest BCUT2D eigenvalue weighted by atomic mass is 16.5. The van der Waals surface area contributed by atoms with Crippen LogP contribution < -0.4 is 4.74 Å². The molecule has 2 unspecified atom stereocenters. The highest BCUT2D eigenvalue weighted by molar-refractivity contribution is 5.41. The smallest absolute Gasteiger partial charge is 0.123 e. The number of aliphatic hydroxyl groups excluding tert-OH is 1. The molecule has 17 heavy (non-hydrogen) atoms. The van der Waals surface area contributed by atoms with Crippen molar-refractivity contribution in [2.45, 2.75) is 52.7 Å². The van der Waals surface area contributed by atoms with E-state index in [1.54, 1.807) is 0 Å². The molecular weight excluding hydrogens is 212 g/mol. The fourth-order valence-electron chi connectivity index (χ4n) is 2.26. The van der Waals surface area contributed by atoms with Gasteiger partial charge in [-0.15, -0.1) is 0 Å². The Labute approximate surface area is 104 Å². The minimum Gasteiger partial charge on any atom is -0.490 e. The largest absolute Gasteiger partial charge is 0.490 e. The Morgan fingerprint density at radius 3 is 2.82 bits per heavy atom. The van der Waals surface area contributed by atoms with Gasteiger partial charge >= 0.3 is 0 Å². The van der Waals surface area contributed by atoms with E-state index in [0.717, 1.165) is 24.2 Å². The molecule has 0 saturated carbocycles. The lowest BCUT2D eigenvalue weighted by molar-refractivity contribution is 0.0465. The van der Waals surface area contributed by atoms with Gasteiger partial charge in [0.15, 0.2) is 0 Å². The van der Waals surface area contributed by atoms with Crippen molar-refractivity contribution in [1.82, 2.24) is 0 Å². The first-order valence-electron chi connectivity index (χ1n) is 6.41. The number of ether oxygens (including phenoxy) is 1. The molecule has 1 aliphatic rings. The highest BCUT2D eigenvalue weighted by Crippen LogP contribution is 2.38. The topological polar surface area (TPSA) is 29.5 Å². The summed E-state index contributed by atoms with van der Waals surface area (Å²) in [5.74, 6) is 0.975. The van der Waals surface area contributed by atoms with Gasteiger partial charge in [0.2, 0.25) is 0 Å². The third kappa shape index (κ3) is 2.32. The van der Waals surface area contributed by atoms with Gasteiger partial charge < -0.3 is 9.84 Å². The molecule has 0 aromatic heterocycles. The van der Waals surface area contributed by atoms with Crippen LogP contribution >= 0.6 is 0 Å². The molecule has 0 radical (unpaired) electrons. The molecule has 2 nitrogen and oxygen atoms in total. The lowest BCUT2D eigenvalue weighted by atomic mass is 9.80. The lowest BCUT2D eigenvalue weighted by Gasteiger charge is -2.29. The standard InChI is InChI=1S/C15H22O2/c1-5-15(3,4)14(16)11-6-7-13-12(9-11)8-10(2)17-13/h6-7,9-10,14,16H,5,8H2,1-4H3. The SMILES string of the molecule is CCC(C)(C)C(O)c1ccc2c(c1)CC(C)O2. The summed E-state index contributed by atoms with van der Waals surface area (Å²) in [6.45, 7) is 8.39. The van der Waals surface area contributed by atoms with Gasteiger partial charge in [0.1, 0.15) is 11.9 Å². The fraction of sp³-hybridized carbons (Fsp3) is 0.600. The molecule has 1 aromatic rings.